The molecule has 1 saturated heterocycles. The number of aromatic nitrogens is 1. The van der Waals surface area contributed by atoms with Gasteiger partial charge in [0.05, 0.1) is 19.4 Å². The SMILES string of the molecule is Cc1cc2c(cc1C)[N@@+]1(C)[CH-][N@+]2(c2cc(Oc3cccc(N(c4ccccc4)c4cc(C(C)(C)C)ccn4)c3)cc(C(C)(C)C)c2)C1. The molecule has 0 N–H and O–H groups in total. The Hall–Kier alpha value is -4.45. The normalized spacial score (nSPS) is 20.0. The predicted octanol–water partition coefficient (Wildman–Crippen LogP) is 11.2. The van der Waals surface area contributed by atoms with E-state index >= 15 is 0 Å². The summed E-state index contributed by atoms with van der Waals surface area (Å²) in [5.41, 5.74) is 11.2. The average molecular weight is 624 g/mol. The van der Waals surface area contributed by atoms with E-state index in [1.807, 2.05) is 18.3 Å². The fourth-order valence-corrected chi connectivity index (χ4v) is 7.08. The highest BCUT2D eigenvalue weighted by molar-refractivity contribution is 5.85. The number of anilines is 3. The maximum Gasteiger partial charge on any atom is 0.181 e. The Labute approximate surface area is 280 Å². The van der Waals surface area contributed by atoms with E-state index in [2.05, 4.69) is 159 Å². The number of benzene rings is 4. The monoisotopic (exact) mass is 623 g/mol. The van der Waals surface area contributed by atoms with Crippen LogP contribution in [0.25, 0.3) is 0 Å². The van der Waals surface area contributed by atoms with Gasteiger partial charge in [-0.05, 0) is 89.4 Å². The lowest BCUT2D eigenvalue weighted by molar-refractivity contribution is 0.157. The van der Waals surface area contributed by atoms with Gasteiger partial charge in [0.2, 0.25) is 0 Å². The first-order valence-electron chi connectivity index (χ1n) is 16.6. The van der Waals surface area contributed by atoms with E-state index < -0.39 is 0 Å². The molecule has 1 aromatic heterocycles. The van der Waals surface area contributed by atoms with Crippen LogP contribution in [0.3, 0.4) is 0 Å². The molecule has 0 aliphatic carbocycles. The number of nitrogens with zero attached hydrogens (tertiary/aromatic N) is 4. The molecule has 5 heteroatoms. The molecular weight excluding hydrogens is 576 g/mol. The maximum absolute atomic E-state index is 6.80. The summed E-state index contributed by atoms with van der Waals surface area (Å²) in [6, 6.07) is 34.7. The van der Waals surface area contributed by atoms with Crippen molar-refractivity contribution in [1.82, 2.24) is 14.0 Å². The van der Waals surface area contributed by atoms with E-state index in [0.717, 1.165) is 44.3 Å². The van der Waals surface area contributed by atoms with E-state index in [1.54, 1.807) is 0 Å². The average Bonchev–Trinajstić information content (AvgIpc) is 3.38. The minimum absolute atomic E-state index is 0.00430. The molecule has 0 amide bonds. The third-order valence-electron chi connectivity index (χ3n) is 9.92. The van der Waals surface area contributed by atoms with E-state index in [0.29, 0.717) is 0 Å². The molecule has 8 rings (SSSR count). The summed E-state index contributed by atoms with van der Waals surface area (Å²) < 4.78 is 8.39. The van der Waals surface area contributed by atoms with Crippen LogP contribution in [-0.2, 0) is 10.8 Å². The Morgan fingerprint density at radius 2 is 1.34 bits per heavy atom. The number of quaternary nitrogens is 2. The lowest BCUT2D eigenvalue weighted by Crippen LogP contribution is -2.68. The molecule has 2 atom stereocenters. The first kappa shape index (κ1) is 31.2. The molecule has 3 aliphatic rings. The molecule has 0 spiro atoms. The smallest absolute Gasteiger partial charge is 0.181 e. The standard InChI is InChI=1S/C42H47N4O/c1-29-20-38-39(21-30(29)2)46(27-45(38,9)28-46)35-22-32(42(6,7)8)23-37(26-35)47-36-17-13-16-34(25-36)44(33-14-11-10-12-15-33)40-24-31(18-19-43-40)41(3,4)5/h10-27H,28H2,1-9H3/q+1/t45-,46+/m0/s1. The second-order valence-electron chi connectivity index (χ2n) is 15.7. The van der Waals surface area contributed by atoms with Gasteiger partial charge in [0, 0.05) is 42.2 Å². The minimum atomic E-state index is -0.0447. The number of pyridine rings is 1. The number of ether oxygens (including phenoxy) is 1. The van der Waals surface area contributed by atoms with Crippen LogP contribution in [0.15, 0.2) is 103 Å². The number of aryl methyl sites for hydroxylation is 2. The molecule has 4 aromatic carbocycles. The Kier molecular flexibility index (Phi) is 7.16. The van der Waals surface area contributed by atoms with Crippen molar-refractivity contribution < 1.29 is 4.74 Å². The van der Waals surface area contributed by atoms with Crippen molar-refractivity contribution in [2.75, 3.05) is 18.6 Å². The summed E-state index contributed by atoms with van der Waals surface area (Å²) in [7, 11) is 2.32. The molecule has 5 nitrogen and oxygen atoms in total. The largest absolute Gasteiger partial charge is 0.457 e. The predicted molar refractivity (Wildman–Crippen MR) is 197 cm³/mol. The van der Waals surface area contributed by atoms with Gasteiger partial charge in [-0.25, -0.2) is 4.98 Å². The zero-order valence-corrected chi connectivity index (χ0v) is 29.3. The lowest BCUT2D eigenvalue weighted by Gasteiger charge is -2.55. The van der Waals surface area contributed by atoms with Crippen LogP contribution >= 0.6 is 0 Å². The van der Waals surface area contributed by atoms with Gasteiger partial charge >= 0.3 is 0 Å². The number of para-hydroxylation sites is 1. The van der Waals surface area contributed by atoms with Gasteiger partial charge in [-0.3, -0.25) is 9.38 Å². The van der Waals surface area contributed by atoms with Crippen LogP contribution in [0.4, 0.5) is 34.3 Å². The van der Waals surface area contributed by atoms with Crippen LogP contribution < -0.4 is 18.6 Å². The van der Waals surface area contributed by atoms with Crippen molar-refractivity contribution >= 4 is 34.3 Å². The van der Waals surface area contributed by atoms with Gasteiger partial charge in [-0.2, -0.15) is 0 Å². The first-order valence-corrected chi connectivity index (χ1v) is 16.6. The van der Waals surface area contributed by atoms with Crippen LogP contribution in [0.1, 0.15) is 63.8 Å². The van der Waals surface area contributed by atoms with E-state index in [1.165, 1.54) is 39.3 Å². The Morgan fingerprint density at radius 1 is 0.681 bits per heavy atom. The van der Waals surface area contributed by atoms with Crippen LogP contribution in [0.5, 0.6) is 11.5 Å². The van der Waals surface area contributed by atoms with Crippen molar-refractivity contribution in [3.63, 3.8) is 0 Å². The first-order chi connectivity index (χ1) is 22.2. The van der Waals surface area contributed by atoms with Gasteiger partial charge in [-0.15, -0.1) is 0 Å². The highest BCUT2D eigenvalue weighted by Gasteiger charge is 2.59. The number of hydrogen-bond donors (Lipinski definition) is 0. The second kappa shape index (κ2) is 10.8. The molecule has 47 heavy (non-hydrogen) atoms. The van der Waals surface area contributed by atoms with E-state index in [9.17, 15) is 0 Å². The van der Waals surface area contributed by atoms with E-state index in [4.69, 9.17) is 9.72 Å². The van der Waals surface area contributed by atoms with Gasteiger partial charge in [-0.1, -0.05) is 65.8 Å². The van der Waals surface area contributed by atoms with Crippen molar-refractivity contribution in [1.29, 1.82) is 0 Å². The molecule has 1 fully saturated rings. The van der Waals surface area contributed by atoms with Crippen LogP contribution in [0, 0.1) is 20.5 Å². The second-order valence-corrected chi connectivity index (χ2v) is 15.7. The quantitative estimate of drug-likeness (QED) is 0.139. The minimum Gasteiger partial charge on any atom is -0.457 e. The molecule has 0 unspecified atom stereocenters. The molecule has 0 radical (unpaired) electrons. The number of hydrogen-bond acceptors (Lipinski definition) is 3. The van der Waals surface area contributed by atoms with Gasteiger partial charge in [0.25, 0.3) is 0 Å². The molecule has 0 saturated carbocycles. The summed E-state index contributed by atoms with van der Waals surface area (Å²) >= 11 is 0. The molecular formula is C42H47N4O+. The van der Waals surface area contributed by atoms with Crippen LogP contribution in [0.2, 0.25) is 0 Å². The summed E-state index contributed by atoms with van der Waals surface area (Å²) in [5.74, 6) is 2.51. The lowest BCUT2D eigenvalue weighted by atomic mass is 9.86. The van der Waals surface area contributed by atoms with Gasteiger partial charge in [0.15, 0.2) is 18.0 Å². The summed E-state index contributed by atoms with van der Waals surface area (Å²) in [6.45, 7) is 21.4. The van der Waals surface area contributed by atoms with Crippen molar-refractivity contribution in [3.8, 4) is 11.5 Å². The molecule has 3 aliphatic heterocycles. The van der Waals surface area contributed by atoms with Crippen molar-refractivity contribution in [2.24, 2.45) is 0 Å². The fraction of sp³-hybridized carbons (Fsp3) is 0.286. The Bertz CT molecular complexity index is 1980. The van der Waals surface area contributed by atoms with Gasteiger partial charge in [0.1, 0.15) is 23.0 Å². The van der Waals surface area contributed by atoms with Crippen molar-refractivity contribution in [2.45, 2.75) is 66.2 Å². The zero-order valence-electron chi connectivity index (χ0n) is 29.3. The number of rotatable bonds is 6. The van der Waals surface area contributed by atoms with E-state index in [-0.39, 0.29) is 10.8 Å². The third kappa shape index (κ3) is 5.42. The third-order valence-corrected chi connectivity index (χ3v) is 9.92. The van der Waals surface area contributed by atoms with Crippen molar-refractivity contribution in [3.05, 3.63) is 132 Å². The molecule has 4 heterocycles. The summed E-state index contributed by atoms with van der Waals surface area (Å²) in [5, 5.41) is 0. The molecule has 2 bridgehead atoms. The Morgan fingerprint density at radius 3 is 2.02 bits per heavy atom. The maximum atomic E-state index is 6.80. The zero-order chi connectivity index (χ0) is 33.4. The summed E-state index contributed by atoms with van der Waals surface area (Å²) in [4.78, 5) is 7.04. The topological polar surface area (TPSA) is 25.4 Å². The van der Waals surface area contributed by atoms with Crippen LogP contribution in [-0.4, -0.2) is 18.7 Å². The van der Waals surface area contributed by atoms with Gasteiger partial charge < -0.3 is 9.22 Å². The molecule has 240 valence electrons. The molecule has 5 aromatic rings. The summed E-state index contributed by atoms with van der Waals surface area (Å²) in [6.07, 6.45) is 1.91. The fourth-order valence-electron chi connectivity index (χ4n) is 7.08. The highest BCUT2D eigenvalue weighted by Crippen LogP contribution is 2.61. The highest BCUT2D eigenvalue weighted by atomic mass is 16.5. The Balaban J connectivity index is 1.29.